The van der Waals surface area contributed by atoms with E-state index in [-0.39, 0.29) is 47.3 Å². The second kappa shape index (κ2) is 13.8. The van der Waals surface area contributed by atoms with Gasteiger partial charge in [-0.25, -0.2) is 0 Å². The van der Waals surface area contributed by atoms with E-state index >= 15 is 0 Å². The fourth-order valence-corrected chi connectivity index (χ4v) is 6.44. The number of fused-ring (bicyclic) bond motifs is 1. The third-order valence-electron chi connectivity index (χ3n) is 8.34. The lowest BCUT2D eigenvalue weighted by atomic mass is 9.70. The summed E-state index contributed by atoms with van der Waals surface area (Å²) in [5.74, 6) is 0.591. The number of rotatable bonds is 14. The van der Waals surface area contributed by atoms with Crippen molar-refractivity contribution >= 4 is 23.1 Å². The molecule has 0 spiro atoms. The average Bonchev–Trinajstić information content (AvgIpc) is 2.88. The smallest absolute Gasteiger partial charge is 0.163 e. The zero-order valence-electron chi connectivity index (χ0n) is 23.9. The molecule has 1 aliphatic rings. The highest BCUT2D eigenvalue weighted by Gasteiger charge is 2.34. The predicted octanol–water partition coefficient (Wildman–Crippen LogP) is 7.70. The molecular formula is C34H44O4. The number of benzene rings is 2. The lowest BCUT2D eigenvalue weighted by Gasteiger charge is -2.33. The Kier molecular flexibility index (Phi) is 10.8. The van der Waals surface area contributed by atoms with Gasteiger partial charge in [0.1, 0.15) is 17.3 Å². The molecule has 0 radical (unpaired) electrons. The predicted molar refractivity (Wildman–Crippen MR) is 153 cm³/mol. The van der Waals surface area contributed by atoms with Crippen LogP contribution in [0.1, 0.15) is 106 Å². The molecule has 0 heterocycles. The highest BCUT2D eigenvalue weighted by atomic mass is 16.1. The van der Waals surface area contributed by atoms with Crippen LogP contribution in [0, 0.1) is 24.7 Å². The van der Waals surface area contributed by atoms with Crippen molar-refractivity contribution < 1.29 is 19.2 Å². The Morgan fingerprint density at radius 2 is 1.74 bits per heavy atom. The molecule has 2 aromatic rings. The Morgan fingerprint density at radius 3 is 2.34 bits per heavy atom. The van der Waals surface area contributed by atoms with Crippen molar-refractivity contribution in [1.82, 2.24) is 0 Å². The monoisotopic (exact) mass is 516 g/mol. The first-order valence-corrected chi connectivity index (χ1v) is 14.5. The van der Waals surface area contributed by atoms with Crippen molar-refractivity contribution in [2.24, 2.45) is 17.8 Å². The summed E-state index contributed by atoms with van der Waals surface area (Å²) in [7, 11) is 0. The Morgan fingerprint density at radius 1 is 1.03 bits per heavy atom. The quantitative estimate of drug-likeness (QED) is 0.241. The third-order valence-corrected chi connectivity index (χ3v) is 8.34. The van der Waals surface area contributed by atoms with Crippen molar-refractivity contribution in [2.45, 2.75) is 98.8 Å². The van der Waals surface area contributed by atoms with Gasteiger partial charge in [0.2, 0.25) is 0 Å². The molecule has 0 bridgehead atoms. The summed E-state index contributed by atoms with van der Waals surface area (Å²) in [5.41, 5.74) is 6.23. The molecule has 38 heavy (non-hydrogen) atoms. The molecular weight excluding hydrogens is 472 g/mol. The van der Waals surface area contributed by atoms with Crippen LogP contribution >= 0.6 is 0 Å². The minimum Gasteiger partial charge on any atom is -0.300 e. The van der Waals surface area contributed by atoms with Gasteiger partial charge >= 0.3 is 0 Å². The minimum atomic E-state index is -0.135. The van der Waals surface area contributed by atoms with Gasteiger partial charge in [0.05, 0.1) is 6.42 Å². The molecule has 2 aromatic carbocycles. The topological polar surface area (TPSA) is 68.3 Å². The maximum Gasteiger partial charge on any atom is 0.163 e. The number of carbonyl (C=O) groups excluding carboxylic acids is 4. The van der Waals surface area contributed by atoms with Crippen LogP contribution in [0.15, 0.2) is 36.4 Å². The molecule has 0 aliphatic heterocycles. The Bertz CT molecular complexity index is 1160. The van der Waals surface area contributed by atoms with E-state index in [0.29, 0.717) is 25.7 Å². The summed E-state index contributed by atoms with van der Waals surface area (Å²) in [4.78, 5) is 50.4. The summed E-state index contributed by atoms with van der Waals surface area (Å²) < 4.78 is 0. The largest absolute Gasteiger partial charge is 0.300 e. The highest BCUT2D eigenvalue weighted by molar-refractivity contribution is 6.02. The normalized spacial score (nSPS) is 16.6. The molecule has 0 saturated heterocycles. The second-order valence-corrected chi connectivity index (χ2v) is 11.2. The summed E-state index contributed by atoms with van der Waals surface area (Å²) in [6.45, 7) is 9.58. The lowest BCUT2D eigenvalue weighted by molar-refractivity contribution is -0.130. The molecule has 3 rings (SSSR count). The number of Topliss-reactive ketones (excluding diaryl/α,β-unsaturated/α-hetero) is 4. The van der Waals surface area contributed by atoms with E-state index in [4.69, 9.17) is 0 Å². The number of carbonyl (C=O) groups is 4. The van der Waals surface area contributed by atoms with Crippen LogP contribution in [0.4, 0.5) is 0 Å². The molecule has 204 valence electrons. The van der Waals surface area contributed by atoms with Gasteiger partial charge < -0.3 is 0 Å². The number of hydrogen-bond donors (Lipinski definition) is 0. The van der Waals surface area contributed by atoms with Gasteiger partial charge in [-0.05, 0) is 79.2 Å². The molecule has 3 atom stereocenters. The Balaban J connectivity index is 1.99. The first-order chi connectivity index (χ1) is 18.2. The Labute approximate surface area is 228 Å². The molecule has 0 aromatic heterocycles. The van der Waals surface area contributed by atoms with E-state index < -0.39 is 0 Å². The highest BCUT2D eigenvalue weighted by Crippen LogP contribution is 2.41. The van der Waals surface area contributed by atoms with Crippen LogP contribution in [0.3, 0.4) is 0 Å². The number of ketones is 4. The lowest BCUT2D eigenvalue weighted by Crippen LogP contribution is -2.30. The van der Waals surface area contributed by atoms with Crippen LogP contribution in [0.5, 0.6) is 0 Å². The zero-order valence-corrected chi connectivity index (χ0v) is 23.9. The second-order valence-electron chi connectivity index (χ2n) is 11.2. The zero-order chi connectivity index (χ0) is 27.8. The minimum absolute atomic E-state index is 0.00577. The van der Waals surface area contributed by atoms with Crippen LogP contribution in [-0.4, -0.2) is 23.1 Å². The summed E-state index contributed by atoms with van der Waals surface area (Å²) in [5, 5.41) is 0. The van der Waals surface area contributed by atoms with E-state index in [1.54, 1.807) is 0 Å². The van der Waals surface area contributed by atoms with Crippen LogP contribution < -0.4 is 0 Å². The van der Waals surface area contributed by atoms with E-state index in [1.807, 2.05) is 39.0 Å². The van der Waals surface area contributed by atoms with Crippen molar-refractivity contribution in [3.05, 3.63) is 58.7 Å². The number of hydrogen-bond acceptors (Lipinski definition) is 4. The van der Waals surface area contributed by atoms with Gasteiger partial charge in [0.15, 0.2) is 5.78 Å². The Hall–Kier alpha value is -2.88. The first kappa shape index (κ1) is 29.7. The van der Waals surface area contributed by atoms with Crippen LogP contribution in [0.25, 0.3) is 11.1 Å². The summed E-state index contributed by atoms with van der Waals surface area (Å²) in [6.07, 6.45) is 6.41. The van der Waals surface area contributed by atoms with Gasteiger partial charge in [-0.2, -0.15) is 0 Å². The third kappa shape index (κ3) is 7.15. The molecule has 0 amide bonds. The van der Waals surface area contributed by atoms with E-state index in [2.05, 4.69) is 25.1 Å². The molecule has 0 fully saturated rings. The summed E-state index contributed by atoms with van der Waals surface area (Å²) in [6, 6.07) is 12.4. The van der Waals surface area contributed by atoms with E-state index in [1.165, 1.54) is 6.92 Å². The maximum atomic E-state index is 13.7. The van der Waals surface area contributed by atoms with E-state index in [0.717, 1.165) is 65.5 Å². The van der Waals surface area contributed by atoms with Gasteiger partial charge in [-0.3, -0.25) is 19.2 Å². The standard InChI is InChI=1S/C34H44O4/c1-6-12-27(29(8-3)32(37)17-22(4)35)18-24-19-31-30(25-13-10-9-11-14-25)21-26(15-16-28(36)7-2)23(5)34(31)33(38)20-24/h9-11,13-14,21,24,27,29H,6-8,12,15-20H2,1-5H3. The van der Waals surface area contributed by atoms with Crippen molar-refractivity contribution in [1.29, 1.82) is 0 Å². The fraction of sp³-hybridized carbons (Fsp3) is 0.529. The van der Waals surface area contributed by atoms with Gasteiger partial charge in [0, 0.05) is 30.7 Å². The summed E-state index contributed by atoms with van der Waals surface area (Å²) >= 11 is 0. The van der Waals surface area contributed by atoms with Crippen molar-refractivity contribution in [3.63, 3.8) is 0 Å². The average molecular weight is 517 g/mol. The van der Waals surface area contributed by atoms with Gasteiger partial charge in [-0.1, -0.05) is 70.0 Å². The molecule has 4 nitrogen and oxygen atoms in total. The molecule has 0 N–H and O–H groups in total. The van der Waals surface area contributed by atoms with Crippen molar-refractivity contribution in [2.75, 3.05) is 0 Å². The molecule has 3 unspecified atom stereocenters. The first-order valence-electron chi connectivity index (χ1n) is 14.5. The van der Waals surface area contributed by atoms with Gasteiger partial charge in [0.25, 0.3) is 0 Å². The number of aryl methyl sites for hydroxylation is 1. The molecule has 0 saturated carbocycles. The maximum absolute atomic E-state index is 13.7. The van der Waals surface area contributed by atoms with Crippen LogP contribution in [-0.2, 0) is 27.2 Å². The SMILES string of the molecule is CCCC(CC1CC(=O)c2c(C)c(CCC(=O)CC)cc(-c3ccccc3)c2C1)C(CC)C(=O)CC(C)=O. The fourth-order valence-electron chi connectivity index (χ4n) is 6.44. The molecule has 4 heteroatoms. The van der Waals surface area contributed by atoms with Crippen LogP contribution in [0.2, 0.25) is 0 Å². The van der Waals surface area contributed by atoms with Gasteiger partial charge in [-0.15, -0.1) is 0 Å². The molecule has 1 aliphatic carbocycles. The van der Waals surface area contributed by atoms with Crippen molar-refractivity contribution in [3.8, 4) is 11.1 Å². The van der Waals surface area contributed by atoms with E-state index in [9.17, 15) is 19.2 Å².